The van der Waals surface area contributed by atoms with Gasteiger partial charge >= 0.3 is 5.97 Å². The molecular formula is C13H24N4O2. The molecule has 1 atom stereocenters. The number of unbranched alkanes of at least 4 members (excludes halogenated alkanes) is 2. The molecule has 0 aliphatic heterocycles. The quantitative estimate of drug-likeness (QED) is 0.541. The van der Waals surface area contributed by atoms with Crippen molar-refractivity contribution in [3.05, 3.63) is 18.2 Å². The zero-order valence-corrected chi connectivity index (χ0v) is 11.5. The SMILES string of the molecule is CCCCCn1cnc(C[C@H](NCCN)C(=O)O)c1. The van der Waals surface area contributed by atoms with Crippen molar-refractivity contribution < 1.29 is 9.90 Å². The molecule has 0 unspecified atom stereocenters. The van der Waals surface area contributed by atoms with Gasteiger partial charge in [0.25, 0.3) is 0 Å². The number of carboxylic acid groups (broad SMARTS) is 1. The fourth-order valence-electron chi connectivity index (χ4n) is 1.89. The van der Waals surface area contributed by atoms with E-state index in [0.717, 1.165) is 18.7 Å². The summed E-state index contributed by atoms with van der Waals surface area (Å²) < 4.78 is 2.02. The predicted octanol–water partition coefficient (Wildman–Crippen LogP) is 0.617. The normalized spacial score (nSPS) is 12.5. The van der Waals surface area contributed by atoms with Crippen LogP contribution in [0.5, 0.6) is 0 Å². The van der Waals surface area contributed by atoms with Gasteiger partial charge < -0.3 is 20.7 Å². The number of aryl methyl sites for hydroxylation is 1. The third-order valence-corrected chi connectivity index (χ3v) is 2.95. The van der Waals surface area contributed by atoms with Crippen molar-refractivity contribution in [2.75, 3.05) is 13.1 Å². The molecule has 0 fully saturated rings. The van der Waals surface area contributed by atoms with Gasteiger partial charge in [0.15, 0.2) is 0 Å². The molecule has 1 heterocycles. The number of rotatable bonds is 10. The molecule has 0 aromatic carbocycles. The summed E-state index contributed by atoms with van der Waals surface area (Å²) in [5.74, 6) is -0.867. The van der Waals surface area contributed by atoms with Crippen LogP contribution in [-0.4, -0.2) is 39.8 Å². The Morgan fingerprint density at radius 3 is 3.00 bits per heavy atom. The first-order valence-corrected chi connectivity index (χ1v) is 6.84. The lowest BCUT2D eigenvalue weighted by Crippen LogP contribution is -2.41. The Bertz CT molecular complexity index is 378. The number of aliphatic carboxylic acids is 1. The first kappa shape index (κ1) is 15.7. The Morgan fingerprint density at radius 2 is 2.37 bits per heavy atom. The predicted molar refractivity (Wildman–Crippen MR) is 73.9 cm³/mol. The average Bonchev–Trinajstić information content (AvgIpc) is 2.82. The van der Waals surface area contributed by atoms with Gasteiger partial charge in [0.05, 0.1) is 12.0 Å². The molecular weight excluding hydrogens is 244 g/mol. The van der Waals surface area contributed by atoms with Crippen molar-refractivity contribution in [1.82, 2.24) is 14.9 Å². The van der Waals surface area contributed by atoms with Crippen LogP contribution in [0.1, 0.15) is 31.9 Å². The van der Waals surface area contributed by atoms with E-state index in [1.54, 1.807) is 6.33 Å². The summed E-state index contributed by atoms with van der Waals surface area (Å²) in [6, 6.07) is -0.623. The van der Waals surface area contributed by atoms with Crippen LogP contribution in [0.3, 0.4) is 0 Å². The molecule has 4 N–H and O–H groups in total. The van der Waals surface area contributed by atoms with Gasteiger partial charge in [-0.3, -0.25) is 4.79 Å². The van der Waals surface area contributed by atoms with Crippen LogP contribution in [0.25, 0.3) is 0 Å². The van der Waals surface area contributed by atoms with Gasteiger partial charge in [-0.15, -0.1) is 0 Å². The second-order valence-electron chi connectivity index (χ2n) is 4.65. The Balaban J connectivity index is 2.47. The summed E-state index contributed by atoms with van der Waals surface area (Å²) in [6.07, 6.45) is 7.59. The monoisotopic (exact) mass is 268 g/mol. The van der Waals surface area contributed by atoms with E-state index in [9.17, 15) is 4.79 Å². The van der Waals surface area contributed by atoms with Crippen LogP contribution in [0.2, 0.25) is 0 Å². The number of carboxylic acids is 1. The Labute approximate surface area is 114 Å². The molecule has 0 radical (unpaired) electrons. The first-order valence-electron chi connectivity index (χ1n) is 6.84. The minimum absolute atomic E-state index is 0.385. The number of hydrogen-bond acceptors (Lipinski definition) is 4. The maximum Gasteiger partial charge on any atom is 0.321 e. The summed E-state index contributed by atoms with van der Waals surface area (Å²) in [6.45, 7) is 4.03. The van der Waals surface area contributed by atoms with Crippen LogP contribution >= 0.6 is 0 Å². The van der Waals surface area contributed by atoms with Gasteiger partial charge in [-0.05, 0) is 6.42 Å². The lowest BCUT2D eigenvalue weighted by Gasteiger charge is -2.12. The number of aromatic nitrogens is 2. The van der Waals surface area contributed by atoms with E-state index in [1.807, 2.05) is 10.8 Å². The minimum Gasteiger partial charge on any atom is -0.480 e. The van der Waals surface area contributed by atoms with Crippen LogP contribution in [0.4, 0.5) is 0 Å². The highest BCUT2D eigenvalue weighted by Gasteiger charge is 2.18. The molecule has 0 saturated carbocycles. The molecule has 19 heavy (non-hydrogen) atoms. The highest BCUT2D eigenvalue weighted by molar-refractivity contribution is 5.73. The van der Waals surface area contributed by atoms with Gasteiger partial charge in [-0.2, -0.15) is 0 Å². The van der Waals surface area contributed by atoms with Crippen molar-refractivity contribution in [1.29, 1.82) is 0 Å². The van der Waals surface area contributed by atoms with Gasteiger partial charge in [-0.25, -0.2) is 4.98 Å². The Hall–Kier alpha value is -1.40. The van der Waals surface area contributed by atoms with Crippen LogP contribution in [0.15, 0.2) is 12.5 Å². The van der Waals surface area contributed by atoms with E-state index in [2.05, 4.69) is 17.2 Å². The molecule has 6 nitrogen and oxygen atoms in total. The molecule has 0 aliphatic carbocycles. The van der Waals surface area contributed by atoms with Crippen LogP contribution in [-0.2, 0) is 17.8 Å². The molecule has 0 bridgehead atoms. The summed E-state index contributed by atoms with van der Waals surface area (Å²) in [4.78, 5) is 15.3. The molecule has 0 aliphatic rings. The zero-order chi connectivity index (χ0) is 14.1. The average molecular weight is 268 g/mol. The maximum absolute atomic E-state index is 11.1. The largest absolute Gasteiger partial charge is 0.480 e. The molecule has 1 aromatic rings. The highest BCUT2D eigenvalue weighted by Crippen LogP contribution is 2.04. The molecule has 1 aromatic heterocycles. The molecule has 0 amide bonds. The van der Waals surface area contributed by atoms with Crippen molar-refractivity contribution >= 4 is 5.97 Å². The fourth-order valence-corrected chi connectivity index (χ4v) is 1.89. The van der Waals surface area contributed by atoms with Gasteiger partial charge in [0.2, 0.25) is 0 Å². The second-order valence-corrected chi connectivity index (χ2v) is 4.65. The lowest BCUT2D eigenvalue weighted by atomic mass is 10.1. The second kappa shape index (κ2) is 8.66. The number of carbonyl (C=O) groups is 1. The number of nitrogens with two attached hydrogens (primary N) is 1. The topological polar surface area (TPSA) is 93.2 Å². The van der Waals surface area contributed by atoms with E-state index in [0.29, 0.717) is 19.5 Å². The summed E-state index contributed by atoms with van der Waals surface area (Å²) in [5.41, 5.74) is 6.17. The zero-order valence-electron chi connectivity index (χ0n) is 11.5. The van der Waals surface area contributed by atoms with Gasteiger partial charge in [0.1, 0.15) is 6.04 Å². The third kappa shape index (κ3) is 5.85. The first-order chi connectivity index (χ1) is 9.17. The third-order valence-electron chi connectivity index (χ3n) is 2.95. The number of nitrogens with one attached hydrogen (secondary N) is 1. The fraction of sp³-hybridized carbons (Fsp3) is 0.692. The standard InChI is InChI=1S/C13H24N4O2/c1-2-3-4-7-17-9-11(16-10-17)8-12(13(18)19)15-6-5-14/h9-10,12,15H,2-8,14H2,1H3,(H,18,19)/t12-/m0/s1. The lowest BCUT2D eigenvalue weighted by molar-refractivity contribution is -0.139. The molecule has 0 saturated heterocycles. The summed E-state index contributed by atoms with van der Waals surface area (Å²) in [5, 5.41) is 12.0. The molecule has 1 rings (SSSR count). The van der Waals surface area contributed by atoms with Crippen molar-refractivity contribution in [2.24, 2.45) is 5.73 Å². The Morgan fingerprint density at radius 1 is 1.58 bits per heavy atom. The van der Waals surface area contributed by atoms with E-state index >= 15 is 0 Å². The molecule has 108 valence electrons. The smallest absolute Gasteiger partial charge is 0.321 e. The van der Waals surface area contributed by atoms with Crippen molar-refractivity contribution in [3.8, 4) is 0 Å². The molecule has 0 spiro atoms. The van der Waals surface area contributed by atoms with Gasteiger partial charge in [-0.1, -0.05) is 19.8 Å². The summed E-state index contributed by atoms with van der Waals surface area (Å²) in [7, 11) is 0. The Kier molecular flexibility index (Phi) is 7.14. The number of hydrogen-bond donors (Lipinski definition) is 3. The van der Waals surface area contributed by atoms with Crippen LogP contribution in [0, 0.1) is 0 Å². The number of imidazole rings is 1. The van der Waals surface area contributed by atoms with Crippen molar-refractivity contribution in [3.63, 3.8) is 0 Å². The van der Waals surface area contributed by atoms with E-state index in [-0.39, 0.29) is 0 Å². The minimum atomic E-state index is -0.867. The van der Waals surface area contributed by atoms with E-state index < -0.39 is 12.0 Å². The maximum atomic E-state index is 11.1. The van der Waals surface area contributed by atoms with Gasteiger partial charge in [0, 0.05) is 32.3 Å². The van der Waals surface area contributed by atoms with E-state index in [4.69, 9.17) is 10.8 Å². The number of nitrogens with zero attached hydrogens (tertiary/aromatic N) is 2. The highest BCUT2D eigenvalue weighted by atomic mass is 16.4. The van der Waals surface area contributed by atoms with E-state index in [1.165, 1.54) is 12.8 Å². The van der Waals surface area contributed by atoms with Crippen molar-refractivity contribution in [2.45, 2.75) is 45.2 Å². The van der Waals surface area contributed by atoms with Crippen LogP contribution < -0.4 is 11.1 Å². The summed E-state index contributed by atoms with van der Waals surface area (Å²) >= 11 is 0. The molecule has 6 heteroatoms.